The van der Waals surface area contributed by atoms with Crippen molar-refractivity contribution in [1.29, 1.82) is 0 Å². The highest BCUT2D eigenvalue weighted by Crippen LogP contribution is 2.31. The van der Waals surface area contributed by atoms with E-state index in [0.29, 0.717) is 16.8 Å². The molecule has 0 amide bonds. The Morgan fingerprint density at radius 1 is 1.08 bits per heavy atom. The van der Waals surface area contributed by atoms with Crippen LogP contribution in [-0.4, -0.2) is 20.2 Å². The monoisotopic (exact) mass is 369 g/mol. The van der Waals surface area contributed by atoms with Crippen LogP contribution in [0.1, 0.15) is 16.7 Å². The van der Waals surface area contributed by atoms with Crippen LogP contribution in [-0.2, 0) is 14.8 Å². The maximum atomic E-state index is 13.1. The summed E-state index contributed by atoms with van der Waals surface area (Å²) in [6, 6.07) is 8.10. The molecule has 0 fully saturated rings. The Morgan fingerprint density at radius 3 is 2.04 bits per heavy atom. The minimum Gasteiger partial charge on any atom is -0.279 e. The summed E-state index contributed by atoms with van der Waals surface area (Å²) >= 11 is 5.47. The lowest BCUT2D eigenvalue weighted by atomic mass is 10.1. The van der Waals surface area contributed by atoms with Crippen molar-refractivity contribution < 1.29 is 17.6 Å². The molecule has 0 bridgehead atoms. The molecule has 0 aliphatic rings. The van der Waals surface area contributed by atoms with Gasteiger partial charge in [0.1, 0.15) is 12.4 Å². The Labute approximate surface area is 145 Å². The largest absolute Gasteiger partial charge is 0.279 e. The summed E-state index contributed by atoms with van der Waals surface area (Å²) in [4.78, 5) is 11.3. The lowest BCUT2D eigenvalue weighted by Crippen LogP contribution is -2.35. The fourth-order valence-electron chi connectivity index (χ4n) is 2.70. The predicted molar refractivity (Wildman–Crippen MR) is 92.4 cm³/mol. The van der Waals surface area contributed by atoms with Crippen molar-refractivity contribution in [3.63, 3.8) is 0 Å². The van der Waals surface area contributed by atoms with E-state index in [1.165, 1.54) is 0 Å². The maximum absolute atomic E-state index is 13.1. The highest BCUT2D eigenvalue weighted by Gasteiger charge is 2.29. The van der Waals surface area contributed by atoms with E-state index in [9.17, 15) is 17.6 Å². The van der Waals surface area contributed by atoms with E-state index in [1.54, 1.807) is 13.8 Å². The molecule has 0 atom stereocenters. The second kappa shape index (κ2) is 6.91. The van der Waals surface area contributed by atoms with Crippen molar-refractivity contribution in [1.82, 2.24) is 0 Å². The Bertz CT molecular complexity index is 856. The van der Waals surface area contributed by atoms with Gasteiger partial charge >= 0.3 is 0 Å². The number of halogens is 2. The van der Waals surface area contributed by atoms with Gasteiger partial charge in [0.2, 0.25) is 5.24 Å². The zero-order valence-corrected chi connectivity index (χ0v) is 15.1. The standard InChI is InChI=1S/C17H17ClFNO3S/c1-11-8-12(2)17(13(3)9-11)20(10-16(18)21)24(22,23)15-6-4-14(19)5-7-15/h4-9H,10H2,1-3H3. The first-order valence-electron chi connectivity index (χ1n) is 7.17. The number of nitrogens with zero attached hydrogens (tertiary/aromatic N) is 1. The van der Waals surface area contributed by atoms with Crippen molar-refractivity contribution in [2.45, 2.75) is 25.7 Å². The second-order valence-electron chi connectivity index (χ2n) is 5.57. The van der Waals surface area contributed by atoms with Crippen molar-refractivity contribution in [2.75, 3.05) is 10.8 Å². The molecule has 2 rings (SSSR count). The summed E-state index contributed by atoms with van der Waals surface area (Å²) in [6.45, 7) is 4.92. The van der Waals surface area contributed by atoms with Crippen LogP contribution in [0.3, 0.4) is 0 Å². The highest BCUT2D eigenvalue weighted by atomic mass is 35.5. The van der Waals surface area contributed by atoms with Gasteiger partial charge in [-0.25, -0.2) is 12.8 Å². The van der Waals surface area contributed by atoms with Crippen molar-refractivity contribution in [3.8, 4) is 0 Å². The molecule has 0 aliphatic heterocycles. The number of sulfonamides is 1. The van der Waals surface area contributed by atoms with Gasteiger partial charge < -0.3 is 0 Å². The van der Waals surface area contributed by atoms with Crippen LogP contribution in [0.4, 0.5) is 10.1 Å². The van der Waals surface area contributed by atoms with Crippen molar-refractivity contribution >= 4 is 32.6 Å². The van der Waals surface area contributed by atoms with Gasteiger partial charge in [-0.1, -0.05) is 17.7 Å². The van der Waals surface area contributed by atoms with Gasteiger partial charge in [-0.05, 0) is 67.8 Å². The summed E-state index contributed by atoms with van der Waals surface area (Å²) in [6.07, 6.45) is 0. The smallest absolute Gasteiger partial charge is 0.264 e. The van der Waals surface area contributed by atoms with Gasteiger partial charge in [0.15, 0.2) is 0 Å². The molecule has 7 heteroatoms. The number of rotatable bonds is 5. The van der Waals surface area contributed by atoms with Crippen LogP contribution in [0.25, 0.3) is 0 Å². The van der Waals surface area contributed by atoms with E-state index in [-0.39, 0.29) is 4.90 Å². The van der Waals surface area contributed by atoms with Gasteiger partial charge in [-0.2, -0.15) is 0 Å². The molecule has 0 saturated carbocycles. The van der Waals surface area contributed by atoms with E-state index in [1.807, 2.05) is 19.1 Å². The molecule has 0 unspecified atom stereocenters. The lowest BCUT2D eigenvalue weighted by molar-refractivity contribution is -0.110. The molecular formula is C17H17ClFNO3S. The number of carbonyl (C=O) groups is 1. The topological polar surface area (TPSA) is 54.5 Å². The van der Waals surface area contributed by atoms with Crippen LogP contribution >= 0.6 is 11.6 Å². The fourth-order valence-corrected chi connectivity index (χ4v) is 4.44. The average Bonchev–Trinajstić information content (AvgIpc) is 2.45. The minimum absolute atomic E-state index is 0.110. The first kappa shape index (κ1) is 18.4. The van der Waals surface area contributed by atoms with E-state index >= 15 is 0 Å². The average molecular weight is 370 g/mol. The summed E-state index contributed by atoms with van der Waals surface area (Å²) in [5.74, 6) is -0.545. The molecule has 24 heavy (non-hydrogen) atoms. The molecule has 0 N–H and O–H groups in total. The van der Waals surface area contributed by atoms with Gasteiger partial charge in [0.05, 0.1) is 10.6 Å². The fraction of sp³-hybridized carbons (Fsp3) is 0.235. The molecule has 0 heterocycles. The number of carbonyl (C=O) groups excluding carboxylic acids is 1. The van der Waals surface area contributed by atoms with Crippen LogP contribution in [0.2, 0.25) is 0 Å². The normalized spacial score (nSPS) is 11.4. The van der Waals surface area contributed by atoms with Crippen LogP contribution in [0, 0.1) is 26.6 Å². The Balaban J connectivity index is 2.65. The van der Waals surface area contributed by atoms with Crippen LogP contribution in [0.15, 0.2) is 41.3 Å². The summed E-state index contributed by atoms with van der Waals surface area (Å²) in [7, 11) is -4.06. The van der Waals surface area contributed by atoms with E-state index in [4.69, 9.17) is 11.6 Å². The second-order valence-corrected chi connectivity index (χ2v) is 7.85. The molecule has 2 aromatic rings. The SMILES string of the molecule is Cc1cc(C)c(N(CC(=O)Cl)S(=O)(=O)c2ccc(F)cc2)c(C)c1. The van der Waals surface area contributed by atoms with Crippen LogP contribution in [0.5, 0.6) is 0 Å². The number of anilines is 1. The van der Waals surface area contributed by atoms with Gasteiger partial charge in [-0.15, -0.1) is 0 Å². The zero-order valence-electron chi connectivity index (χ0n) is 13.5. The molecule has 0 aromatic heterocycles. The molecule has 128 valence electrons. The number of aryl methyl sites for hydroxylation is 3. The quantitative estimate of drug-likeness (QED) is 0.755. The molecule has 2 aromatic carbocycles. The van der Waals surface area contributed by atoms with Crippen molar-refractivity contribution in [3.05, 3.63) is 58.9 Å². The molecule has 0 radical (unpaired) electrons. The number of hydrogen-bond donors (Lipinski definition) is 0. The van der Waals surface area contributed by atoms with E-state index in [2.05, 4.69) is 0 Å². The maximum Gasteiger partial charge on any atom is 0.264 e. The Morgan fingerprint density at radius 2 is 1.58 bits per heavy atom. The summed E-state index contributed by atoms with van der Waals surface area (Å²) in [5, 5.41) is -0.805. The first-order valence-corrected chi connectivity index (χ1v) is 8.99. The van der Waals surface area contributed by atoms with Gasteiger partial charge in [-0.3, -0.25) is 9.10 Å². The molecule has 0 saturated heterocycles. The Hall–Kier alpha value is -1.92. The van der Waals surface area contributed by atoms with E-state index < -0.39 is 27.6 Å². The molecule has 0 spiro atoms. The summed E-state index contributed by atoms with van der Waals surface area (Å²) in [5.41, 5.74) is 2.79. The third-order valence-electron chi connectivity index (χ3n) is 3.55. The lowest BCUT2D eigenvalue weighted by Gasteiger charge is -2.26. The first-order chi connectivity index (χ1) is 11.1. The number of hydrogen-bond acceptors (Lipinski definition) is 3. The van der Waals surface area contributed by atoms with Gasteiger partial charge in [0.25, 0.3) is 10.0 Å². The summed E-state index contributed by atoms with van der Waals surface area (Å²) < 4.78 is 40.0. The highest BCUT2D eigenvalue weighted by molar-refractivity contribution is 7.92. The molecule has 4 nitrogen and oxygen atoms in total. The Kier molecular flexibility index (Phi) is 5.30. The third-order valence-corrected chi connectivity index (χ3v) is 5.43. The molecule has 0 aliphatic carbocycles. The molecular weight excluding hydrogens is 353 g/mol. The zero-order chi connectivity index (χ0) is 18.1. The van der Waals surface area contributed by atoms with Crippen LogP contribution < -0.4 is 4.31 Å². The van der Waals surface area contributed by atoms with E-state index in [0.717, 1.165) is 34.1 Å². The predicted octanol–water partition coefficient (Wildman–Crippen LogP) is 3.71. The minimum atomic E-state index is -4.06. The van der Waals surface area contributed by atoms with Crippen molar-refractivity contribution in [2.24, 2.45) is 0 Å². The third kappa shape index (κ3) is 3.76. The van der Waals surface area contributed by atoms with Gasteiger partial charge in [0, 0.05) is 0 Å². The number of benzene rings is 2.